The molecule has 0 spiro atoms. The van der Waals surface area contributed by atoms with Crippen LogP contribution in [-0.4, -0.2) is 33.2 Å². The van der Waals surface area contributed by atoms with E-state index in [-0.39, 0.29) is 10.5 Å². The third-order valence-electron chi connectivity index (χ3n) is 3.85. The van der Waals surface area contributed by atoms with Gasteiger partial charge >= 0.3 is 5.97 Å². The second-order valence-corrected chi connectivity index (χ2v) is 8.21. The zero-order valence-corrected chi connectivity index (χ0v) is 15.9. The standard InChI is InChI=1S/C19H21NO5S/c1-12-5-8-17(14(3)9-12)20-18(21)11-25-19(22)16-10-15(26(4,23)24)7-6-13(16)2/h5-10H,11H2,1-4H3,(H,20,21). The van der Waals surface area contributed by atoms with Gasteiger partial charge in [-0.2, -0.15) is 0 Å². The monoisotopic (exact) mass is 375 g/mol. The lowest BCUT2D eigenvalue weighted by atomic mass is 10.1. The van der Waals surface area contributed by atoms with Gasteiger partial charge < -0.3 is 10.1 Å². The Kier molecular flexibility index (Phi) is 5.82. The zero-order chi connectivity index (χ0) is 19.5. The van der Waals surface area contributed by atoms with Gasteiger partial charge in [0.1, 0.15) is 0 Å². The van der Waals surface area contributed by atoms with Crippen LogP contribution >= 0.6 is 0 Å². The molecule has 6 nitrogen and oxygen atoms in total. The maximum Gasteiger partial charge on any atom is 0.338 e. The molecule has 1 N–H and O–H groups in total. The Hall–Kier alpha value is -2.67. The van der Waals surface area contributed by atoms with Crippen LogP contribution < -0.4 is 5.32 Å². The Labute approximate surface area is 153 Å². The first-order valence-electron chi connectivity index (χ1n) is 7.93. The Morgan fingerprint density at radius 3 is 2.31 bits per heavy atom. The van der Waals surface area contributed by atoms with Crippen molar-refractivity contribution in [2.75, 3.05) is 18.2 Å². The highest BCUT2D eigenvalue weighted by atomic mass is 32.2. The summed E-state index contributed by atoms with van der Waals surface area (Å²) in [5.74, 6) is -1.22. The Morgan fingerprint density at radius 2 is 1.69 bits per heavy atom. The number of esters is 1. The molecule has 0 bridgehead atoms. The van der Waals surface area contributed by atoms with E-state index in [0.717, 1.165) is 17.4 Å². The first-order valence-corrected chi connectivity index (χ1v) is 9.82. The summed E-state index contributed by atoms with van der Waals surface area (Å²) in [6, 6.07) is 9.80. The van der Waals surface area contributed by atoms with Crippen LogP contribution in [0.1, 0.15) is 27.0 Å². The van der Waals surface area contributed by atoms with Crippen molar-refractivity contribution in [2.45, 2.75) is 25.7 Å². The maximum absolute atomic E-state index is 12.2. The number of anilines is 1. The van der Waals surface area contributed by atoms with E-state index in [1.165, 1.54) is 18.2 Å². The molecule has 0 heterocycles. The van der Waals surface area contributed by atoms with Gasteiger partial charge in [-0.3, -0.25) is 4.79 Å². The summed E-state index contributed by atoms with van der Waals surface area (Å²) in [5.41, 5.74) is 3.31. The minimum atomic E-state index is -3.44. The lowest BCUT2D eigenvalue weighted by Gasteiger charge is -2.11. The van der Waals surface area contributed by atoms with Crippen LogP contribution in [0.15, 0.2) is 41.3 Å². The summed E-state index contributed by atoms with van der Waals surface area (Å²) in [6.07, 6.45) is 1.06. The van der Waals surface area contributed by atoms with Crippen molar-refractivity contribution in [2.24, 2.45) is 0 Å². The average Bonchev–Trinajstić information content (AvgIpc) is 2.54. The number of rotatable bonds is 5. The van der Waals surface area contributed by atoms with Gasteiger partial charge in [-0.25, -0.2) is 13.2 Å². The summed E-state index contributed by atoms with van der Waals surface area (Å²) < 4.78 is 28.3. The van der Waals surface area contributed by atoms with Crippen LogP contribution in [0.25, 0.3) is 0 Å². The first kappa shape index (κ1) is 19.7. The van der Waals surface area contributed by atoms with Gasteiger partial charge in [0.05, 0.1) is 10.5 Å². The highest BCUT2D eigenvalue weighted by Gasteiger charge is 2.17. The first-order chi connectivity index (χ1) is 12.1. The SMILES string of the molecule is Cc1ccc(NC(=O)COC(=O)c2cc(S(C)(=O)=O)ccc2C)c(C)c1. The van der Waals surface area contributed by atoms with Crippen molar-refractivity contribution in [3.8, 4) is 0 Å². The van der Waals surface area contributed by atoms with Crippen LogP contribution in [0.3, 0.4) is 0 Å². The van der Waals surface area contributed by atoms with Crippen LogP contribution in [-0.2, 0) is 19.4 Å². The highest BCUT2D eigenvalue weighted by Crippen LogP contribution is 2.18. The molecule has 0 radical (unpaired) electrons. The van der Waals surface area contributed by atoms with Crippen molar-refractivity contribution >= 4 is 27.4 Å². The molecule has 26 heavy (non-hydrogen) atoms. The van der Waals surface area contributed by atoms with Crippen LogP contribution in [0.4, 0.5) is 5.69 Å². The number of nitrogens with one attached hydrogen (secondary N) is 1. The van der Waals surface area contributed by atoms with Gasteiger partial charge in [-0.1, -0.05) is 23.8 Å². The van der Waals surface area contributed by atoms with Crippen molar-refractivity contribution in [1.29, 1.82) is 0 Å². The predicted octanol–water partition coefficient (Wildman–Crippen LogP) is 2.81. The van der Waals surface area contributed by atoms with E-state index in [9.17, 15) is 18.0 Å². The molecular formula is C19H21NO5S. The molecule has 1 amide bonds. The van der Waals surface area contributed by atoms with E-state index in [4.69, 9.17) is 4.74 Å². The molecule has 2 aromatic carbocycles. The fourth-order valence-electron chi connectivity index (χ4n) is 2.40. The Balaban J connectivity index is 2.05. The van der Waals surface area contributed by atoms with Crippen molar-refractivity contribution in [3.63, 3.8) is 0 Å². The summed E-state index contributed by atoms with van der Waals surface area (Å²) in [7, 11) is -3.44. The molecule has 0 aromatic heterocycles. The summed E-state index contributed by atoms with van der Waals surface area (Å²) >= 11 is 0. The molecule has 138 valence electrons. The third kappa shape index (κ3) is 4.92. The van der Waals surface area contributed by atoms with Gasteiger partial charge in [0.2, 0.25) is 0 Å². The Bertz CT molecular complexity index is 964. The van der Waals surface area contributed by atoms with Gasteiger partial charge in [0, 0.05) is 11.9 Å². The molecule has 0 atom stereocenters. The molecule has 2 rings (SSSR count). The normalized spacial score (nSPS) is 11.1. The van der Waals surface area contributed by atoms with Crippen LogP contribution in [0.5, 0.6) is 0 Å². The number of hydrogen-bond acceptors (Lipinski definition) is 5. The second-order valence-electron chi connectivity index (χ2n) is 6.19. The molecule has 0 aliphatic rings. The smallest absolute Gasteiger partial charge is 0.338 e. The summed E-state index contributed by atoms with van der Waals surface area (Å²) in [4.78, 5) is 24.3. The predicted molar refractivity (Wildman–Crippen MR) is 99.1 cm³/mol. The zero-order valence-electron chi connectivity index (χ0n) is 15.1. The molecule has 0 unspecified atom stereocenters. The summed E-state index contributed by atoms with van der Waals surface area (Å²) in [5, 5.41) is 2.68. The third-order valence-corrected chi connectivity index (χ3v) is 4.96. The molecule has 0 saturated carbocycles. The molecular weight excluding hydrogens is 354 g/mol. The lowest BCUT2D eigenvalue weighted by molar-refractivity contribution is -0.119. The minimum absolute atomic E-state index is 0.0229. The van der Waals surface area contributed by atoms with Crippen molar-refractivity contribution < 1.29 is 22.7 Å². The largest absolute Gasteiger partial charge is 0.452 e. The quantitative estimate of drug-likeness (QED) is 0.812. The van der Waals surface area contributed by atoms with Gasteiger partial charge in [0.25, 0.3) is 5.91 Å². The number of amides is 1. The number of sulfone groups is 1. The number of carbonyl (C=O) groups is 2. The molecule has 0 fully saturated rings. The lowest BCUT2D eigenvalue weighted by Crippen LogP contribution is -2.21. The number of carbonyl (C=O) groups excluding carboxylic acids is 2. The fraction of sp³-hybridized carbons (Fsp3) is 0.263. The van der Waals surface area contributed by atoms with E-state index in [1.54, 1.807) is 13.0 Å². The maximum atomic E-state index is 12.2. The Morgan fingerprint density at radius 1 is 1.00 bits per heavy atom. The average molecular weight is 375 g/mol. The molecule has 0 aliphatic carbocycles. The van der Waals surface area contributed by atoms with Crippen molar-refractivity contribution in [1.82, 2.24) is 0 Å². The van der Waals surface area contributed by atoms with E-state index in [1.807, 2.05) is 26.0 Å². The van der Waals surface area contributed by atoms with E-state index in [2.05, 4.69) is 5.32 Å². The topological polar surface area (TPSA) is 89.5 Å². The number of hydrogen-bond donors (Lipinski definition) is 1. The molecule has 0 saturated heterocycles. The number of aryl methyl sites for hydroxylation is 3. The van der Waals surface area contributed by atoms with E-state index in [0.29, 0.717) is 11.3 Å². The molecule has 0 aliphatic heterocycles. The van der Waals surface area contributed by atoms with E-state index >= 15 is 0 Å². The second kappa shape index (κ2) is 7.70. The minimum Gasteiger partial charge on any atom is -0.452 e. The van der Waals surface area contributed by atoms with Crippen molar-refractivity contribution in [3.05, 3.63) is 58.7 Å². The van der Waals surface area contributed by atoms with Crippen LogP contribution in [0.2, 0.25) is 0 Å². The van der Waals surface area contributed by atoms with Gasteiger partial charge in [-0.05, 0) is 50.1 Å². The molecule has 2 aromatic rings. The van der Waals surface area contributed by atoms with E-state index < -0.39 is 28.3 Å². The van der Waals surface area contributed by atoms with Crippen LogP contribution in [0, 0.1) is 20.8 Å². The van der Waals surface area contributed by atoms with Gasteiger partial charge in [0.15, 0.2) is 16.4 Å². The molecule has 7 heteroatoms. The fourth-order valence-corrected chi connectivity index (χ4v) is 3.05. The number of ether oxygens (including phenoxy) is 1. The highest BCUT2D eigenvalue weighted by molar-refractivity contribution is 7.90. The van der Waals surface area contributed by atoms with Gasteiger partial charge in [-0.15, -0.1) is 0 Å². The summed E-state index contributed by atoms with van der Waals surface area (Å²) in [6.45, 7) is 5.02. The number of benzene rings is 2.